The smallest absolute Gasteiger partial charge is 0.336 e. The maximum absolute atomic E-state index is 6.01. The normalized spacial score (nSPS) is 17.3. The van der Waals surface area contributed by atoms with Crippen LogP contribution < -0.4 is 15.8 Å². The molecule has 0 radical (unpaired) electrons. The van der Waals surface area contributed by atoms with Gasteiger partial charge in [-0.3, -0.25) is 0 Å². The maximum Gasteiger partial charge on any atom is 0.336 e. The maximum atomic E-state index is 6.01. The summed E-state index contributed by atoms with van der Waals surface area (Å²) in [5.41, 5.74) is 6.58. The lowest BCUT2D eigenvalue weighted by Crippen LogP contribution is -2.23. The summed E-state index contributed by atoms with van der Waals surface area (Å²) >= 11 is 0. The highest BCUT2D eigenvalue weighted by Crippen LogP contribution is 2.23. The Morgan fingerprint density at radius 1 is 1.39 bits per heavy atom. The van der Waals surface area contributed by atoms with Gasteiger partial charge in [0.15, 0.2) is 11.5 Å². The first-order valence-corrected chi connectivity index (χ1v) is 8.61. The van der Waals surface area contributed by atoms with Crippen LogP contribution in [0.1, 0.15) is 58.8 Å². The van der Waals surface area contributed by atoms with E-state index in [9.17, 15) is 0 Å². The van der Waals surface area contributed by atoms with Crippen molar-refractivity contribution in [2.45, 2.75) is 70.9 Å². The Hall–Kier alpha value is -2.05. The number of nitrogens with one attached hydrogen (secondary N) is 1. The number of ether oxygens (including phenoxy) is 1. The second kappa shape index (κ2) is 7.02. The van der Waals surface area contributed by atoms with E-state index in [0.29, 0.717) is 23.5 Å². The number of hydrogen-bond donors (Lipinski definition) is 2. The van der Waals surface area contributed by atoms with Gasteiger partial charge in [0.05, 0.1) is 12.3 Å². The number of nitrogens with two attached hydrogens (primary N) is 1. The molecule has 1 aliphatic rings. The van der Waals surface area contributed by atoms with Crippen LogP contribution in [0.15, 0.2) is 6.20 Å². The third kappa shape index (κ3) is 3.65. The molecule has 0 saturated heterocycles. The van der Waals surface area contributed by atoms with E-state index in [1.54, 1.807) is 10.7 Å². The van der Waals surface area contributed by atoms with Crippen LogP contribution >= 0.6 is 0 Å². The molecule has 1 atom stereocenters. The number of anilines is 2. The number of hydrogen-bond acceptors (Lipinski definition) is 6. The van der Waals surface area contributed by atoms with E-state index in [2.05, 4.69) is 27.3 Å². The fourth-order valence-electron chi connectivity index (χ4n) is 3.13. The van der Waals surface area contributed by atoms with E-state index < -0.39 is 0 Å². The van der Waals surface area contributed by atoms with Crippen molar-refractivity contribution in [3.05, 3.63) is 6.20 Å². The molecule has 1 saturated carbocycles. The molecule has 2 heterocycles. The van der Waals surface area contributed by atoms with E-state index in [0.717, 1.165) is 18.7 Å². The highest BCUT2D eigenvalue weighted by molar-refractivity contribution is 5.63. The van der Waals surface area contributed by atoms with Gasteiger partial charge in [-0.25, -0.2) is 4.98 Å². The zero-order valence-corrected chi connectivity index (χ0v) is 14.0. The van der Waals surface area contributed by atoms with Crippen LogP contribution in [-0.2, 0) is 0 Å². The molecule has 1 aliphatic carbocycles. The molecule has 0 aliphatic heterocycles. The molecule has 3 N–H and O–H groups in total. The zero-order valence-electron chi connectivity index (χ0n) is 14.0. The molecular weight excluding hydrogens is 292 g/mol. The third-order valence-corrected chi connectivity index (χ3v) is 4.33. The minimum Gasteiger partial charge on any atom is -0.459 e. The van der Waals surface area contributed by atoms with Crippen molar-refractivity contribution < 1.29 is 4.74 Å². The van der Waals surface area contributed by atoms with E-state index in [1.807, 2.05) is 6.92 Å². The molecule has 0 bridgehead atoms. The van der Waals surface area contributed by atoms with Gasteiger partial charge in [-0.15, -0.1) is 5.10 Å². The Bertz CT molecular complexity index is 649. The molecular formula is C16H26N6O. The van der Waals surface area contributed by atoms with Crippen molar-refractivity contribution in [3.8, 4) is 6.01 Å². The first-order valence-electron chi connectivity index (χ1n) is 8.61. The summed E-state index contributed by atoms with van der Waals surface area (Å²) in [7, 11) is 0. The second-order valence-electron chi connectivity index (χ2n) is 6.35. The molecule has 0 spiro atoms. The van der Waals surface area contributed by atoms with Crippen LogP contribution in [-0.4, -0.2) is 31.7 Å². The van der Waals surface area contributed by atoms with Crippen molar-refractivity contribution in [2.75, 3.05) is 11.1 Å². The van der Waals surface area contributed by atoms with Crippen molar-refractivity contribution in [2.24, 2.45) is 0 Å². The largest absolute Gasteiger partial charge is 0.459 e. The number of imidazole rings is 1. The van der Waals surface area contributed by atoms with Gasteiger partial charge in [-0.1, -0.05) is 32.6 Å². The highest BCUT2D eigenvalue weighted by Gasteiger charge is 2.17. The van der Waals surface area contributed by atoms with Crippen LogP contribution in [0.3, 0.4) is 0 Å². The first-order chi connectivity index (χ1) is 11.2. The van der Waals surface area contributed by atoms with Gasteiger partial charge < -0.3 is 15.8 Å². The van der Waals surface area contributed by atoms with Crippen molar-refractivity contribution >= 4 is 17.3 Å². The minimum atomic E-state index is 0.0649. The average molecular weight is 318 g/mol. The molecule has 7 heteroatoms. The lowest BCUT2D eigenvalue weighted by atomic mass is 9.96. The van der Waals surface area contributed by atoms with Crippen LogP contribution in [0, 0.1) is 0 Å². The molecule has 23 heavy (non-hydrogen) atoms. The summed E-state index contributed by atoms with van der Waals surface area (Å²) < 4.78 is 7.49. The average Bonchev–Trinajstić information content (AvgIpc) is 2.92. The quantitative estimate of drug-likeness (QED) is 0.851. The molecule has 0 unspecified atom stereocenters. The van der Waals surface area contributed by atoms with Gasteiger partial charge in [-0.05, 0) is 26.2 Å². The van der Waals surface area contributed by atoms with Crippen LogP contribution in [0.5, 0.6) is 6.01 Å². The van der Waals surface area contributed by atoms with E-state index >= 15 is 0 Å². The molecule has 2 aromatic rings. The van der Waals surface area contributed by atoms with Crippen molar-refractivity contribution in [3.63, 3.8) is 0 Å². The Balaban J connectivity index is 1.83. The number of nitrogen functional groups attached to an aromatic ring is 1. The SMILES string of the molecule is CCC[C@H](C)Oc1nc(N)c2ncc(NC3CCCCC3)n2n1. The summed E-state index contributed by atoms with van der Waals surface area (Å²) in [6.07, 6.45) is 10.1. The summed E-state index contributed by atoms with van der Waals surface area (Å²) in [4.78, 5) is 8.55. The Morgan fingerprint density at radius 2 is 2.17 bits per heavy atom. The predicted molar refractivity (Wildman–Crippen MR) is 90.7 cm³/mol. The van der Waals surface area contributed by atoms with Gasteiger partial charge in [0.25, 0.3) is 0 Å². The monoisotopic (exact) mass is 318 g/mol. The van der Waals surface area contributed by atoms with Crippen molar-refractivity contribution in [1.82, 2.24) is 19.6 Å². The van der Waals surface area contributed by atoms with Crippen LogP contribution in [0.25, 0.3) is 5.65 Å². The summed E-state index contributed by atoms with van der Waals surface area (Å²) in [6.45, 7) is 4.14. The van der Waals surface area contributed by atoms with Crippen molar-refractivity contribution in [1.29, 1.82) is 0 Å². The van der Waals surface area contributed by atoms with Gasteiger partial charge in [0.1, 0.15) is 5.82 Å². The topological polar surface area (TPSA) is 90.4 Å². The van der Waals surface area contributed by atoms with Gasteiger partial charge in [-0.2, -0.15) is 9.50 Å². The fraction of sp³-hybridized carbons (Fsp3) is 0.688. The molecule has 7 nitrogen and oxygen atoms in total. The third-order valence-electron chi connectivity index (χ3n) is 4.33. The number of nitrogens with zero attached hydrogens (tertiary/aromatic N) is 4. The molecule has 1 fully saturated rings. The number of fused-ring (bicyclic) bond motifs is 1. The molecule has 0 amide bonds. The lowest BCUT2D eigenvalue weighted by Gasteiger charge is -2.23. The minimum absolute atomic E-state index is 0.0649. The van der Waals surface area contributed by atoms with Crippen LogP contribution in [0.4, 0.5) is 11.6 Å². The standard InChI is InChI=1S/C16H26N6O/c1-3-7-11(2)23-16-20-14(17)15-18-10-13(22(15)21-16)19-12-8-5-4-6-9-12/h10-12,19H,3-9H2,1-2H3,(H2,17,20,21)/t11-/m0/s1. The van der Waals surface area contributed by atoms with Gasteiger partial charge >= 0.3 is 6.01 Å². The summed E-state index contributed by atoms with van der Waals surface area (Å²) in [5.74, 6) is 1.20. The lowest BCUT2D eigenvalue weighted by molar-refractivity contribution is 0.190. The Morgan fingerprint density at radius 3 is 2.91 bits per heavy atom. The van der Waals surface area contributed by atoms with Gasteiger partial charge in [0, 0.05) is 6.04 Å². The predicted octanol–water partition coefficient (Wildman–Crippen LogP) is 3.02. The van der Waals surface area contributed by atoms with Crippen LogP contribution in [0.2, 0.25) is 0 Å². The molecule has 3 rings (SSSR count). The van der Waals surface area contributed by atoms with E-state index in [1.165, 1.54) is 32.1 Å². The zero-order chi connectivity index (χ0) is 16.2. The number of rotatable bonds is 6. The molecule has 2 aromatic heterocycles. The highest BCUT2D eigenvalue weighted by atomic mass is 16.5. The second-order valence-corrected chi connectivity index (χ2v) is 6.35. The molecule has 0 aromatic carbocycles. The Labute approximate surface area is 136 Å². The van der Waals surface area contributed by atoms with E-state index in [4.69, 9.17) is 10.5 Å². The molecule has 126 valence electrons. The fourth-order valence-corrected chi connectivity index (χ4v) is 3.13. The summed E-state index contributed by atoms with van der Waals surface area (Å²) in [6, 6.07) is 0.781. The number of aromatic nitrogens is 4. The Kier molecular flexibility index (Phi) is 4.83. The first kappa shape index (κ1) is 15.8. The van der Waals surface area contributed by atoms with Gasteiger partial charge in [0.2, 0.25) is 0 Å². The summed E-state index contributed by atoms with van der Waals surface area (Å²) in [5, 5.41) is 8.00. The van der Waals surface area contributed by atoms with E-state index in [-0.39, 0.29) is 6.10 Å².